The molecule has 15 heavy (non-hydrogen) atoms. The maximum absolute atomic E-state index is 10.8. The van der Waals surface area contributed by atoms with Crippen LogP contribution >= 0.6 is 0 Å². The number of allylic oxidation sites excluding steroid dienone is 1. The number of carbonyl (C=O) groups excluding carboxylic acids is 1. The Morgan fingerprint density at radius 2 is 1.87 bits per heavy atom. The molecule has 2 unspecified atom stereocenters. The number of carbonyl (C=O) groups is 1. The van der Waals surface area contributed by atoms with Gasteiger partial charge in [-0.2, -0.15) is 0 Å². The summed E-state index contributed by atoms with van der Waals surface area (Å²) in [5.74, 6) is -1.92. The molecule has 4 nitrogen and oxygen atoms in total. The van der Waals surface area contributed by atoms with Crippen LogP contribution in [0.25, 0.3) is 0 Å². The first kappa shape index (κ1) is 15.2. The number of hydrogen-bond acceptors (Lipinski definition) is 4. The third-order valence-electron chi connectivity index (χ3n) is 2.70. The van der Waals surface area contributed by atoms with Crippen molar-refractivity contribution in [1.29, 1.82) is 0 Å². The molecule has 1 fully saturated rings. The van der Waals surface area contributed by atoms with Crippen LogP contribution in [0.15, 0.2) is 11.5 Å². The van der Waals surface area contributed by atoms with Gasteiger partial charge in [-0.05, 0) is 11.3 Å². The summed E-state index contributed by atoms with van der Waals surface area (Å²) in [6, 6.07) is 0. The molecule has 1 rings (SSSR count). The maximum atomic E-state index is 10.8. The Morgan fingerprint density at radius 1 is 1.40 bits per heavy atom. The number of rotatable bonds is 3. The molecule has 0 N–H and O–H groups in total. The van der Waals surface area contributed by atoms with Crippen LogP contribution in [0.2, 0.25) is 0 Å². The fourth-order valence-corrected chi connectivity index (χ4v) is 2.17. The first-order valence-corrected chi connectivity index (χ1v) is 6.21. The van der Waals surface area contributed by atoms with E-state index in [1.54, 1.807) is 13.8 Å². The number of sulfone groups is 1. The summed E-state index contributed by atoms with van der Waals surface area (Å²) in [6.45, 7) is 3.56. The van der Waals surface area contributed by atoms with Crippen molar-refractivity contribution in [2.75, 3.05) is 6.26 Å². The second-order valence-corrected chi connectivity index (χ2v) is 6.23. The van der Waals surface area contributed by atoms with E-state index < -0.39 is 21.7 Å². The monoisotopic (exact) mass is 240 g/mol. The predicted octanol–water partition coefficient (Wildman–Crippen LogP) is -3.43. The van der Waals surface area contributed by atoms with Gasteiger partial charge >= 0.3 is 29.6 Å². The molecule has 0 aromatic rings. The average molecular weight is 240 g/mol. The third kappa shape index (κ3) is 3.59. The van der Waals surface area contributed by atoms with Gasteiger partial charge in [-0.15, -0.1) is 0 Å². The summed E-state index contributed by atoms with van der Waals surface area (Å²) in [5, 5.41) is 11.7. The molecule has 1 aliphatic rings. The van der Waals surface area contributed by atoms with E-state index in [1.165, 1.54) is 6.08 Å². The zero-order chi connectivity index (χ0) is 11.1. The van der Waals surface area contributed by atoms with Crippen LogP contribution in [-0.2, 0) is 14.6 Å². The number of hydrogen-bond donors (Lipinski definition) is 0. The minimum absolute atomic E-state index is 0. The predicted molar refractivity (Wildman–Crippen MR) is 49.8 cm³/mol. The fraction of sp³-hybridized carbons (Fsp3) is 0.667. The first-order chi connectivity index (χ1) is 6.16. The van der Waals surface area contributed by atoms with Crippen molar-refractivity contribution < 1.29 is 47.9 Å². The van der Waals surface area contributed by atoms with Gasteiger partial charge in [-0.3, -0.25) is 0 Å². The van der Waals surface area contributed by atoms with E-state index in [4.69, 9.17) is 0 Å². The molecule has 80 valence electrons. The van der Waals surface area contributed by atoms with E-state index in [1.807, 2.05) is 0 Å². The van der Waals surface area contributed by atoms with Crippen molar-refractivity contribution >= 4 is 15.8 Å². The molecule has 2 atom stereocenters. The summed E-state index contributed by atoms with van der Waals surface area (Å²) in [4.78, 5) is 10.6. The van der Waals surface area contributed by atoms with Gasteiger partial charge in [0.05, 0.1) is 0 Å². The van der Waals surface area contributed by atoms with Gasteiger partial charge in [0.2, 0.25) is 0 Å². The van der Waals surface area contributed by atoms with Crippen LogP contribution < -0.4 is 34.7 Å². The molecule has 0 aromatic heterocycles. The van der Waals surface area contributed by atoms with Crippen LogP contribution in [0, 0.1) is 17.3 Å². The van der Waals surface area contributed by atoms with E-state index in [0.717, 1.165) is 11.7 Å². The van der Waals surface area contributed by atoms with Crippen LogP contribution in [0.5, 0.6) is 0 Å². The van der Waals surface area contributed by atoms with Crippen molar-refractivity contribution in [2.24, 2.45) is 17.3 Å². The molecule has 1 aliphatic carbocycles. The molecule has 0 radical (unpaired) electrons. The summed E-state index contributed by atoms with van der Waals surface area (Å²) in [7, 11) is -3.17. The van der Waals surface area contributed by atoms with Gasteiger partial charge in [0.1, 0.15) is 0 Å². The van der Waals surface area contributed by atoms with E-state index in [-0.39, 0.29) is 40.9 Å². The Bertz CT molecular complexity index is 383. The van der Waals surface area contributed by atoms with E-state index >= 15 is 0 Å². The molecular weight excluding hydrogens is 227 g/mol. The molecule has 6 heteroatoms. The topological polar surface area (TPSA) is 74.3 Å². The van der Waals surface area contributed by atoms with Gasteiger partial charge in [-0.1, -0.05) is 19.9 Å². The summed E-state index contributed by atoms with van der Waals surface area (Å²) in [6.07, 6.45) is 2.52. The summed E-state index contributed by atoms with van der Waals surface area (Å²) >= 11 is 0. The van der Waals surface area contributed by atoms with Crippen molar-refractivity contribution in [3.05, 3.63) is 11.5 Å². The Balaban J connectivity index is 0.00000196. The maximum Gasteiger partial charge on any atom is 1.00 e. The first-order valence-electron chi connectivity index (χ1n) is 4.25. The Hall–Kier alpha value is 0.160. The van der Waals surface area contributed by atoms with Crippen LogP contribution in [0.3, 0.4) is 0 Å². The molecule has 0 bridgehead atoms. The number of carboxylic acids is 1. The molecule has 0 heterocycles. The van der Waals surface area contributed by atoms with Crippen molar-refractivity contribution in [1.82, 2.24) is 0 Å². The Morgan fingerprint density at radius 3 is 2.13 bits per heavy atom. The van der Waals surface area contributed by atoms with E-state index in [9.17, 15) is 18.3 Å². The zero-order valence-corrected chi connectivity index (χ0v) is 12.2. The summed E-state index contributed by atoms with van der Waals surface area (Å²) in [5.41, 5.74) is -0.389. The minimum atomic E-state index is -3.17. The van der Waals surface area contributed by atoms with Crippen molar-refractivity contribution in [3.63, 3.8) is 0 Å². The van der Waals surface area contributed by atoms with Crippen LogP contribution in [0.4, 0.5) is 0 Å². The number of carboxylic acid groups (broad SMARTS) is 1. The largest absolute Gasteiger partial charge is 1.00 e. The smallest absolute Gasteiger partial charge is 0.550 e. The number of aliphatic carboxylic acids is 1. The summed E-state index contributed by atoms with van der Waals surface area (Å²) < 4.78 is 21.6. The van der Waals surface area contributed by atoms with Crippen LogP contribution in [-0.4, -0.2) is 20.6 Å². The van der Waals surface area contributed by atoms with Gasteiger partial charge in [-0.25, -0.2) is 8.42 Å². The zero-order valence-electron chi connectivity index (χ0n) is 9.35. The quantitative estimate of drug-likeness (QED) is 0.481. The molecule has 0 spiro atoms. The molecule has 1 saturated carbocycles. The van der Waals surface area contributed by atoms with Crippen LogP contribution in [0.1, 0.15) is 13.8 Å². The van der Waals surface area contributed by atoms with Gasteiger partial charge < -0.3 is 9.90 Å². The third-order valence-corrected chi connectivity index (χ3v) is 3.35. The van der Waals surface area contributed by atoms with Gasteiger partial charge in [0.15, 0.2) is 9.84 Å². The molecule has 0 aliphatic heterocycles. The standard InChI is InChI=1S/C9H14O4S.Na/c1-9(2)6(7(9)8(10)11)4-5-14(3,12)13;/h4-7H,1-3H3,(H,10,11);/q;+1/p-1/b5-4+;. The average Bonchev–Trinajstić information content (AvgIpc) is 2.47. The molecule has 0 saturated heterocycles. The second kappa shape index (κ2) is 4.57. The van der Waals surface area contributed by atoms with E-state index in [0.29, 0.717) is 0 Å². The minimum Gasteiger partial charge on any atom is -0.550 e. The normalized spacial score (nSPS) is 28.5. The van der Waals surface area contributed by atoms with Gasteiger partial charge in [0.25, 0.3) is 0 Å². The Kier molecular flexibility index (Phi) is 4.62. The SMILES string of the molecule is CC1(C)C(/C=C/S(C)(=O)=O)C1C(=O)[O-].[Na+]. The van der Waals surface area contributed by atoms with Crippen molar-refractivity contribution in [3.8, 4) is 0 Å². The van der Waals surface area contributed by atoms with Gasteiger partial charge in [0, 0.05) is 23.6 Å². The van der Waals surface area contributed by atoms with Crippen molar-refractivity contribution in [2.45, 2.75) is 13.8 Å². The molecule has 0 aromatic carbocycles. The fourth-order valence-electron chi connectivity index (χ4n) is 1.71. The Labute approximate surface area is 112 Å². The molecular formula is C9H13NaO4S. The van der Waals surface area contributed by atoms with E-state index in [2.05, 4.69) is 0 Å². The molecule has 0 amide bonds. The second-order valence-electron chi connectivity index (χ2n) is 4.30.